The fourth-order valence-corrected chi connectivity index (χ4v) is 2.35. The molecular formula is C17H16Cl2N2O3. The zero-order chi connectivity index (χ0) is 17.5. The molecule has 2 aromatic rings. The van der Waals surface area contributed by atoms with E-state index < -0.39 is 18.0 Å². The number of amides is 1. The molecule has 0 fully saturated rings. The Kier molecular flexibility index (Phi) is 6.58. The zero-order valence-electron chi connectivity index (χ0n) is 13.0. The second kappa shape index (κ2) is 8.66. The van der Waals surface area contributed by atoms with Gasteiger partial charge in [-0.15, -0.1) is 0 Å². The van der Waals surface area contributed by atoms with Crippen LogP contribution in [0, 0.1) is 0 Å². The maximum atomic E-state index is 12.0. The van der Waals surface area contributed by atoms with Gasteiger partial charge in [-0.3, -0.25) is 9.59 Å². The van der Waals surface area contributed by atoms with Crippen molar-refractivity contribution < 1.29 is 14.3 Å². The Bertz CT molecular complexity index is 723. The first kappa shape index (κ1) is 18.2. The minimum absolute atomic E-state index is 0.165. The predicted octanol–water partition coefficient (Wildman–Crippen LogP) is 3.89. The average molecular weight is 367 g/mol. The maximum Gasteiger partial charge on any atom is 0.306 e. The molecule has 0 aliphatic carbocycles. The van der Waals surface area contributed by atoms with Crippen molar-refractivity contribution in [2.24, 2.45) is 0 Å². The Balaban J connectivity index is 1.83. The molecule has 7 heteroatoms. The second-order valence-corrected chi connectivity index (χ2v) is 5.93. The van der Waals surface area contributed by atoms with Crippen LogP contribution in [-0.4, -0.2) is 23.0 Å². The molecular weight excluding hydrogens is 351 g/mol. The van der Waals surface area contributed by atoms with Gasteiger partial charge < -0.3 is 10.1 Å². The van der Waals surface area contributed by atoms with Gasteiger partial charge in [0.15, 0.2) is 11.9 Å². The summed E-state index contributed by atoms with van der Waals surface area (Å²) in [5.41, 5.74) is 1.03. The maximum absolute atomic E-state index is 12.0. The van der Waals surface area contributed by atoms with E-state index in [-0.39, 0.29) is 17.3 Å². The third kappa shape index (κ3) is 5.51. The van der Waals surface area contributed by atoms with Crippen molar-refractivity contribution in [1.82, 2.24) is 4.98 Å². The van der Waals surface area contributed by atoms with Crippen molar-refractivity contribution in [2.75, 3.05) is 5.32 Å². The van der Waals surface area contributed by atoms with Gasteiger partial charge in [-0.2, -0.15) is 0 Å². The molecule has 1 aromatic heterocycles. The number of aryl methyl sites for hydroxylation is 1. The third-order valence-corrected chi connectivity index (χ3v) is 3.68. The van der Waals surface area contributed by atoms with Gasteiger partial charge in [0.05, 0.1) is 10.0 Å². The number of pyridine rings is 1. The highest BCUT2D eigenvalue weighted by atomic mass is 35.5. The normalized spacial score (nSPS) is 11.6. The number of nitrogens with zero attached hydrogens (tertiary/aromatic N) is 1. The summed E-state index contributed by atoms with van der Waals surface area (Å²) in [6.07, 6.45) is 1.15. The van der Waals surface area contributed by atoms with E-state index in [0.717, 1.165) is 5.56 Å². The van der Waals surface area contributed by atoms with E-state index in [1.807, 2.05) is 30.3 Å². The molecule has 0 saturated carbocycles. The van der Waals surface area contributed by atoms with Gasteiger partial charge in [0.1, 0.15) is 0 Å². The van der Waals surface area contributed by atoms with Crippen LogP contribution in [0.2, 0.25) is 10.0 Å². The van der Waals surface area contributed by atoms with Crippen LogP contribution in [0.15, 0.2) is 42.6 Å². The lowest BCUT2D eigenvalue weighted by atomic mass is 10.1. The zero-order valence-corrected chi connectivity index (χ0v) is 14.5. The minimum Gasteiger partial charge on any atom is -0.453 e. The lowest BCUT2D eigenvalue weighted by Crippen LogP contribution is -2.30. The molecule has 0 bridgehead atoms. The molecule has 1 N–H and O–H groups in total. The van der Waals surface area contributed by atoms with Crippen LogP contribution in [0.3, 0.4) is 0 Å². The summed E-state index contributed by atoms with van der Waals surface area (Å²) >= 11 is 11.7. The van der Waals surface area contributed by atoms with E-state index >= 15 is 0 Å². The Morgan fingerprint density at radius 1 is 1.25 bits per heavy atom. The molecule has 0 aliphatic heterocycles. The number of aromatic nitrogens is 1. The van der Waals surface area contributed by atoms with Gasteiger partial charge in [-0.25, -0.2) is 4.98 Å². The number of ether oxygens (including phenoxy) is 1. The Morgan fingerprint density at radius 3 is 2.62 bits per heavy atom. The van der Waals surface area contributed by atoms with Gasteiger partial charge in [0, 0.05) is 12.6 Å². The molecule has 1 amide bonds. The summed E-state index contributed by atoms with van der Waals surface area (Å²) in [6, 6.07) is 11.0. The fourth-order valence-electron chi connectivity index (χ4n) is 1.93. The largest absolute Gasteiger partial charge is 0.453 e. The monoisotopic (exact) mass is 366 g/mol. The first-order valence-electron chi connectivity index (χ1n) is 7.31. The number of hydrogen-bond acceptors (Lipinski definition) is 4. The minimum atomic E-state index is -0.957. The Morgan fingerprint density at radius 2 is 1.96 bits per heavy atom. The van der Waals surface area contributed by atoms with Crippen molar-refractivity contribution in [3.63, 3.8) is 0 Å². The topological polar surface area (TPSA) is 68.3 Å². The van der Waals surface area contributed by atoms with Crippen LogP contribution in [-0.2, 0) is 20.7 Å². The van der Waals surface area contributed by atoms with Crippen molar-refractivity contribution in [3.8, 4) is 0 Å². The van der Waals surface area contributed by atoms with Gasteiger partial charge >= 0.3 is 5.97 Å². The lowest BCUT2D eigenvalue weighted by Gasteiger charge is -2.13. The number of carbonyl (C=O) groups excluding carboxylic acids is 2. The first-order valence-corrected chi connectivity index (χ1v) is 8.06. The number of anilines is 1. The van der Waals surface area contributed by atoms with Crippen LogP contribution in [0.4, 0.5) is 5.82 Å². The molecule has 5 nitrogen and oxygen atoms in total. The molecule has 0 unspecified atom stereocenters. The standard InChI is InChI=1S/C17H16Cl2N2O3/c1-11(17(23)21-16-14(19)9-13(18)10-20-16)24-15(22)8-7-12-5-3-2-4-6-12/h2-6,9-11H,7-8H2,1H3,(H,20,21,23)/t11-/m0/s1. The van der Waals surface area contributed by atoms with Crippen molar-refractivity contribution >= 4 is 40.9 Å². The molecule has 0 aliphatic rings. The number of rotatable bonds is 6. The number of halogens is 2. The highest BCUT2D eigenvalue weighted by Gasteiger charge is 2.19. The molecule has 1 heterocycles. The van der Waals surface area contributed by atoms with Gasteiger partial charge in [-0.05, 0) is 25.0 Å². The number of nitrogens with one attached hydrogen (secondary N) is 1. The summed E-state index contributed by atoms with van der Waals surface area (Å²) in [4.78, 5) is 27.8. The number of esters is 1. The molecule has 0 spiro atoms. The second-order valence-electron chi connectivity index (χ2n) is 5.09. The first-order chi connectivity index (χ1) is 11.5. The van der Waals surface area contributed by atoms with E-state index in [1.165, 1.54) is 19.2 Å². The molecule has 126 valence electrons. The Hall–Kier alpha value is -2.11. The summed E-state index contributed by atoms with van der Waals surface area (Å²) in [7, 11) is 0. The molecule has 2 rings (SSSR count). The lowest BCUT2D eigenvalue weighted by molar-refractivity contribution is -0.153. The molecule has 24 heavy (non-hydrogen) atoms. The van der Waals surface area contributed by atoms with Crippen LogP contribution in [0.25, 0.3) is 0 Å². The van der Waals surface area contributed by atoms with Gasteiger partial charge in [0.25, 0.3) is 5.91 Å². The highest BCUT2D eigenvalue weighted by Crippen LogP contribution is 2.22. The number of hydrogen-bond donors (Lipinski definition) is 1. The average Bonchev–Trinajstić information content (AvgIpc) is 2.56. The van der Waals surface area contributed by atoms with E-state index in [4.69, 9.17) is 27.9 Å². The van der Waals surface area contributed by atoms with Crippen molar-refractivity contribution in [2.45, 2.75) is 25.9 Å². The third-order valence-electron chi connectivity index (χ3n) is 3.19. The summed E-state index contributed by atoms with van der Waals surface area (Å²) in [5, 5.41) is 3.07. The predicted molar refractivity (Wildman–Crippen MR) is 93.2 cm³/mol. The number of carbonyl (C=O) groups is 2. The van der Waals surface area contributed by atoms with Crippen LogP contribution in [0.1, 0.15) is 18.9 Å². The quantitative estimate of drug-likeness (QED) is 0.787. The van der Waals surface area contributed by atoms with Crippen LogP contribution in [0.5, 0.6) is 0 Å². The highest BCUT2D eigenvalue weighted by molar-refractivity contribution is 6.36. The molecule has 1 aromatic carbocycles. The van der Waals surface area contributed by atoms with Crippen molar-refractivity contribution in [3.05, 3.63) is 58.2 Å². The van der Waals surface area contributed by atoms with Crippen molar-refractivity contribution in [1.29, 1.82) is 0 Å². The van der Waals surface area contributed by atoms with Crippen LogP contribution < -0.4 is 5.32 Å². The molecule has 0 radical (unpaired) electrons. The number of benzene rings is 1. The van der Waals surface area contributed by atoms with E-state index in [2.05, 4.69) is 10.3 Å². The smallest absolute Gasteiger partial charge is 0.306 e. The summed E-state index contributed by atoms with van der Waals surface area (Å²) < 4.78 is 5.12. The molecule has 0 saturated heterocycles. The summed E-state index contributed by atoms with van der Waals surface area (Å²) in [5.74, 6) is -0.797. The van der Waals surface area contributed by atoms with E-state index in [1.54, 1.807) is 0 Å². The Labute approximate surface area is 149 Å². The van der Waals surface area contributed by atoms with E-state index in [0.29, 0.717) is 11.4 Å². The SMILES string of the molecule is C[C@H](OC(=O)CCc1ccccc1)C(=O)Nc1ncc(Cl)cc1Cl. The van der Waals surface area contributed by atoms with Gasteiger partial charge in [0.2, 0.25) is 0 Å². The summed E-state index contributed by atoms with van der Waals surface area (Å²) in [6.45, 7) is 1.49. The van der Waals surface area contributed by atoms with Crippen LogP contribution >= 0.6 is 23.2 Å². The van der Waals surface area contributed by atoms with E-state index in [9.17, 15) is 9.59 Å². The fraction of sp³-hybridized carbons (Fsp3) is 0.235. The van der Waals surface area contributed by atoms with Gasteiger partial charge in [-0.1, -0.05) is 53.5 Å². The molecule has 1 atom stereocenters.